The van der Waals surface area contributed by atoms with Crippen molar-refractivity contribution in [3.8, 4) is 0 Å². The molecule has 0 heterocycles. The molecule has 0 amide bonds. The van der Waals surface area contributed by atoms with Gasteiger partial charge in [0.1, 0.15) is 12.1 Å². The Morgan fingerprint density at radius 1 is 1.36 bits per heavy atom. The molecule has 0 N–H and O–H groups in total. The average molecular weight is 196 g/mol. The van der Waals surface area contributed by atoms with Crippen LogP contribution in [-0.4, -0.2) is 12.1 Å². The second-order valence-electron chi connectivity index (χ2n) is 4.66. The zero-order chi connectivity index (χ0) is 11.4. The first kappa shape index (κ1) is 13.1. The molecule has 0 radical (unpaired) electrons. The Balaban J connectivity index is 4.71. The van der Waals surface area contributed by atoms with Crippen molar-refractivity contribution in [2.45, 2.75) is 40.5 Å². The van der Waals surface area contributed by atoms with Crippen molar-refractivity contribution in [1.29, 1.82) is 0 Å². The van der Waals surface area contributed by atoms with Gasteiger partial charge >= 0.3 is 0 Å². The molecule has 0 saturated heterocycles. The Labute approximate surface area is 86.4 Å². The molecular formula is C12H20O2. The lowest BCUT2D eigenvalue weighted by atomic mass is 9.65. The Bertz CT molecular complexity index is 241. The predicted octanol–water partition coefficient (Wildman–Crippen LogP) is 2.77. The molecule has 0 unspecified atom stereocenters. The smallest absolute Gasteiger partial charge is 0.129 e. The highest BCUT2D eigenvalue weighted by molar-refractivity contribution is 5.76. The van der Waals surface area contributed by atoms with Crippen molar-refractivity contribution in [3.63, 3.8) is 0 Å². The summed E-state index contributed by atoms with van der Waals surface area (Å²) >= 11 is 0. The molecule has 80 valence electrons. The van der Waals surface area contributed by atoms with E-state index in [0.29, 0.717) is 12.8 Å². The third-order valence-electron chi connectivity index (χ3n) is 3.24. The number of aldehydes is 1. The van der Waals surface area contributed by atoms with Crippen LogP contribution in [0.1, 0.15) is 40.5 Å². The van der Waals surface area contributed by atoms with Gasteiger partial charge in [0.15, 0.2) is 0 Å². The van der Waals surface area contributed by atoms with Crippen LogP contribution in [0.3, 0.4) is 0 Å². The normalized spacial score (nSPS) is 15.7. The van der Waals surface area contributed by atoms with Crippen molar-refractivity contribution in [2.24, 2.45) is 10.8 Å². The third kappa shape index (κ3) is 2.79. The van der Waals surface area contributed by atoms with E-state index in [2.05, 4.69) is 6.58 Å². The molecular weight excluding hydrogens is 176 g/mol. The number of Topliss-reactive ketones (excluding diaryl/α,β-unsaturated/α-hetero) is 1. The summed E-state index contributed by atoms with van der Waals surface area (Å²) in [5, 5.41) is 0. The van der Waals surface area contributed by atoms with Crippen LogP contribution in [0.4, 0.5) is 0 Å². The van der Waals surface area contributed by atoms with Gasteiger partial charge in [0.25, 0.3) is 0 Å². The van der Waals surface area contributed by atoms with Crippen molar-refractivity contribution in [1.82, 2.24) is 0 Å². The van der Waals surface area contributed by atoms with Crippen LogP contribution in [0.15, 0.2) is 12.7 Å². The van der Waals surface area contributed by atoms with Gasteiger partial charge in [-0.3, -0.25) is 0 Å². The number of hydrogen-bond donors (Lipinski definition) is 0. The molecule has 0 aliphatic rings. The first-order valence-corrected chi connectivity index (χ1v) is 4.88. The second-order valence-corrected chi connectivity index (χ2v) is 4.66. The summed E-state index contributed by atoms with van der Waals surface area (Å²) in [6.07, 6.45) is 3.76. The number of ketones is 1. The maximum atomic E-state index is 11.1. The number of carbonyl (C=O) groups is 2. The van der Waals surface area contributed by atoms with E-state index in [1.54, 1.807) is 13.0 Å². The van der Waals surface area contributed by atoms with E-state index < -0.39 is 5.41 Å². The fraction of sp³-hybridized carbons (Fsp3) is 0.667. The molecule has 2 nitrogen and oxygen atoms in total. The van der Waals surface area contributed by atoms with E-state index in [1.807, 2.05) is 20.8 Å². The fourth-order valence-electron chi connectivity index (χ4n) is 1.20. The van der Waals surface area contributed by atoms with Crippen LogP contribution in [0, 0.1) is 10.8 Å². The minimum absolute atomic E-state index is 0.123. The maximum absolute atomic E-state index is 11.1. The van der Waals surface area contributed by atoms with Gasteiger partial charge in [-0.2, -0.15) is 0 Å². The summed E-state index contributed by atoms with van der Waals surface area (Å²) in [5.74, 6) is 0.123. The highest BCUT2D eigenvalue weighted by atomic mass is 16.1. The average Bonchev–Trinajstić information content (AvgIpc) is 2.13. The van der Waals surface area contributed by atoms with Crippen molar-refractivity contribution >= 4 is 12.1 Å². The Morgan fingerprint density at radius 3 is 2.14 bits per heavy atom. The zero-order valence-corrected chi connectivity index (χ0v) is 9.59. The molecule has 0 spiro atoms. The summed E-state index contributed by atoms with van der Waals surface area (Å²) in [4.78, 5) is 22.0. The van der Waals surface area contributed by atoms with Gasteiger partial charge in [0, 0.05) is 11.8 Å². The van der Waals surface area contributed by atoms with Gasteiger partial charge in [-0.25, -0.2) is 0 Å². The topological polar surface area (TPSA) is 34.1 Å². The standard InChI is InChI=1S/C12H20O2/c1-6-11(3,4)12(5,9-13)8-7-10(2)14/h6,9H,1,7-8H2,2-5H3/t12-/m1/s1. The van der Waals surface area contributed by atoms with Gasteiger partial charge in [-0.05, 0) is 18.8 Å². The van der Waals surface area contributed by atoms with E-state index in [-0.39, 0.29) is 11.2 Å². The molecule has 2 heteroatoms. The maximum Gasteiger partial charge on any atom is 0.129 e. The minimum atomic E-state index is -0.500. The van der Waals surface area contributed by atoms with Crippen LogP contribution < -0.4 is 0 Å². The van der Waals surface area contributed by atoms with Gasteiger partial charge in [0.2, 0.25) is 0 Å². The molecule has 1 atom stereocenters. The summed E-state index contributed by atoms with van der Waals surface area (Å²) in [7, 11) is 0. The molecule has 0 aromatic rings. The van der Waals surface area contributed by atoms with E-state index in [1.165, 1.54) is 0 Å². The number of hydrogen-bond acceptors (Lipinski definition) is 2. The summed E-state index contributed by atoms with van der Waals surface area (Å²) < 4.78 is 0. The molecule has 14 heavy (non-hydrogen) atoms. The first-order valence-electron chi connectivity index (χ1n) is 4.88. The highest BCUT2D eigenvalue weighted by Crippen LogP contribution is 2.41. The number of carbonyl (C=O) groups excluding carboxylic acids is 2. The van der Waals surface area contributed by atoms with Crippen molar-refractivity contribution in [2.75, 3.05) is 0 Å². The Morgan fingerprint density at radius 2 is 1.86 bits per heavy atom. The lowest BCUT2D eigenvalue weighted by Gasteiger charge is -2.37. The molecule has 0 bridgehead atoms. The van der Waals surface area contributed by atoms with Gasteiger partial charge in [-0.1, -0.05) is 26.8 Å². The van der Waals surface area contributed by atoms with Crippen LogP contribution in [-0.2, 0) is 9.59 Å². The largest absolute Gasteiger partial charge is 0.303 e. The number of allylic oxidation sites excluding steroid dienone is 1. The van der Waals surface area contributed by atoms with E-state index in [9.17, 15) is 9.59 Å². The quantitative estimate of drug-likeness (QED) is 0.483. The Kier molecular flexibility index (Phi) is 4.24. The van der Waals surface area contributed by atoms with Crippen LogP contribution in [0.5, 0.6) is 0 Å². The lowest BCUT2D eigenvalue weighted by molar-refractivity contribution is -0.122. The summed E-state index contributed by atoms with van der Waals surface area (Å²) in [6, 6.07) is 0. The summed E-state index contributed by atoms with van der Waals surface area (Å²) in [6.45, 7) is 11.1. The fourth-order valence-corrected chi connectivity index (χ4v) is 1.20. The van der Waals surface area contributed by atoms with E-state index in [4.69, 9.17) is 0 Å². The second kappa shape index (κ2) is 4.54. The van der Waals surface area contributed by atoms with Gasteiger partial charge in [0.05, 0.1) is 0 Å². The monoisotopic (exact) mass is 196 g/mol. The number of rotatable bonds is 6. The third-order valence-corrected chi connectivity index (χ3v) is 3.24. The molecule has 0 saturated carbocycles. The van der Waals surface area contributed by atoms with Crippen LogP contribution in [0.2, 0.25) is 0 Å². The Hall–Kier alpha value is -0.920. The molecule has 0 aliphatic carbocycles. The molecule has 0 aliphatic heterocycles. The first-order chi connectivity index (χ1) is 6.29. The molecule has 0 fully saturated rings. The highest BCUT2D eigenvalue weighted by Gasteiger charge is 2.38. The summed E-state index contributed by atoms with van der Waals surface area (Å²) in [5.41, 5.74) is -0.773. The van der Waals surface area contributed by atoms with Crippen LogP contribution >= 0.6 is 0 Å². The van der Waals surface area contributed by atoms with E-state index in [0.717, 1.165) is 6.29 Å². The van der Waals surface area contributed by atoms with Gasteiger partial charge < -0.3 is 9.59 Å². The van der Waals surface area contributed by atoms with Crippen molar-refractivity contribution in [3.05, 3.63) is 12.7 Å². The van der Waals surface area contributed by atoms with Crippen molar-refractivity contribution < 1.29 is 9.59 Å². The van der Waals surface area contributed by atoms with E-state index >= 15 is 0 Å². The molecule has 0 aromatic carbocycles. The minimum Gasteiger partial charge on any atom is -0.303 e. The SMILES string of the molecule is C=CC(C)(C)[C@@](C)(C=O)CCC(C)=O. The van der Waals surface area contributed by atoms with Gasteiger partial charge in [-0.15, -0.1) is 6.58 Å². The molecule has 0 rings (SSSR count). The zero-order valence-electron chi connectivity index (χ0n) is 9.59. The lowest BCUT2D eigenvalue weighted by Crippen LogP contribution is -2.35. The van der Waals surface area contributed by atoms with Crippen LogP contribution in [0.25, 0.3) is 0 Å². The molecule has 0 aromatic heterocycles. The predicted molar refractivity (Wildman–Crippen MR) is 58.1 cm³/mol.